The van der Waals surface area contributed by atoms with E-state index in [1.54, 1.807) is 7.11 Å². The van der Waals surface area contributed by atoms with Gasteiger partial charge in [0.1, 0.15) is 18.1 Å². The van der Waals surface area contributed by atoms with Gasteiger partial charge in [0.2, 0.25) is 0 Å². The number of hydrogen-bond acceptors (Lipinski definition) is 5. The quantitative estimate of drug-likeness (QED) is 0.364. The van der Waals surface area contributed by atoms with Crippen LogP contribution in [0, 0.1) is 0 Å². The van der Waals surface area contributed by atoms with Crippen molar-refractivity contribution in [1.29, 1.82) is 0 Å². The lowest BCUT2D eigenvalue weighted by atomic mass is 10.1. The van der Waals surface area contributed by atoms with Gasteiger partial charge in [-0.1, -0.05) is 18.2 Å². The SMILES string of the molecule is COc1cc(OCCN2CCOCC2)ccc1C=Cc1cc(/C=C/c2ccc3ccn(C)c3c2)n[nH]1. The number of aryl methyl sites for hydroxylation is 1. The molecule has 5 rings (SSSR count). The Morgan fingerprint density at radius 2 is 1.89 bits per heavy atom. The number of fused-ring (bicyclic) bond motifs is 1. The Balaban J connectivity index is 1.19. The van der Waals surface area contributed by atoms with Crippen LogP contribution in [-0.4, -0.2) is 66.2 Å². The molecule has 0 atom stereocenters. The highest BCUT2D eigenvalue weighted by Crippen LogP contribution is 2.26. The van der Waals surface area contributed by atoms with E-state index in [9.17, 15) is 0 Å². The van der Waals surface area contributed by atoms with Gasteiger partial charge in [-0.25, -0.2) is 0 Å². The smallest absolute Gasteiger partial charge is 0.129 e. The molecule has 0 bridgehead atoms. The van der Waals surface area contributed by atoms with Gasteiger partial charge in [0.05, 0.1) is 31.7 Å². The number of methoxy groups -OCH3 is 1. The normalized spacial score (nSPS) is 14.8. The molecule has 4 aromatic rings. The van der Waals surface area contributed by atoms with E-state index >= 15 is 0 Å². The molecule has 2 aromatic carbocycles. The predicted molar refractivity (Wildman–Crippen MR) is 145 cm³/mol. The summed E-state index contributed by atoms with van der Waals surface area (Å²) in [6, 6.07) is 16.5. The van der Waals surface area contributed by atoms with Crippen LogP contribution < -0.4 is 9.47 Å². The third-order valence-corrected chi connectivity index (χ3v) is 6.40. The first-order valence-electron chi connectivity index (χ1n) is 12.3. The molecule has 0 aliphatic carbocycles. The molecule has 0 amide bonds. The van der Waals surface area contributed by atoms with Gasteiger partial charge in [-0.15, -0.1) is 0 Å². The molecule has 2 aromatic heterocycles. The van der Waals surface area contributed by atoms with Gasteiger partial charge in [-0.05, 0) is 59.5 Å². The topological polar surface area (TPSA) is 64.5 Å². The second kappa shape index (κ2) is 11.3. The third-order valence-electron chi connectivity index (χ3n) is 6.40. The van der Waals surface area contributed by atoms with Gasteiger partial charge < -0.3 is 18.8 Å². The van der Waals surface area contributed by atoms with Gasteiger partial charge in [0, 0.05) is 50.0 Å². The maximum Gasteiger partial charge on any atom is 0.129 e. The number of H-pyrrole nitrogens is 1. The summed E-state index contributed by atoms with van der Waals surface area (Å²) >= 11 is 0. The molecule has 0 unspecified atom stereocenters. The van der Waals surface area contributed by atoms with Crippen molar-refractivity contribution in [3.8, 4) is 11.5 Å². The third kappa shape index (κ3) is 5.87. The molecule has 7 nitrogen and oxygen atoms in total. The van der Waals surface area contributed by atoms with Crippen LogP contribution >= 0.6 is 0 Å². The van der Waals surface area contributed by atoms with E-state index in [1.165, 1.54) is 10.9 Å². The molecular weight excluding hydrogens is 452 g/mol. The molecule has 3 heterocycles. The van der Waals surface area contributed by atoms with Crippen molar-refractivity contribution in [3.05, 3.63) is 77.2 Å². The molecule has 36 heavy (non-hydrogen) atoms. The number of morpholine rings is 1. The first-order chi connectivity index (χ1) is 17.7. The minimum Gasteiger partial charge on any atom is -0.496 e. The Labute approximate surface area is 211 Å². The molecule has 7 heteroatoms. The zero-order chi connectivity index (χ0) is 24.7. The number of rotatable bonds is 9. The maximum absolute atomic E-state index is 5.95. The minimum atomic E-state index is 0.641. The van der Waals surface area contributed by atoms with Crippen LogP contribution in [0.2, 0.25) is 0 Å². The van der Waals surface area contributed by atoms with Gasteiger partial charge >= 0.3 is 0 Å². The summed E-state index contributed by atoms with van der Waals surface area (Å²) in [7, 11) is 3.74. The summed E-state index contributed by atoms with van der Waals surface area (Å²) in [5.41, 5.74) is 5.12. The number of nitrogens with zero attached hydrogens (tertiary/aromatic N) is 3. The Hall–Kier alpha value is -3.81. The van der Waals surface area contributed by atoms with Crippen LogP contribution in [-0.2, 0) is 11.8 Å². The van der Waals surface area contributed by atoms with Crippen LogP contribution in [0.25, 0.3) is 35.2 Å². The highest BCUT2D eigenvalue weighted by molar-refractivity contribution is 5.84. The van der Waals surface area contributed by atoms with Crippen molar-refractivity contribution in [3.63, 3.8) is 0 Å². The van der Waals surface area contributed by atoms with Crippen molar-refractivity contribution >= 4 is 35.2 Å². The van der Waals surface area contributed by atoms with Crippen molar-refractivity contribution < 1.29 is 14.2 Å². The summed E-state index contributed by atoms with van der Waals surface area (Å²) < 4.78 is 19.1. The summed E-state index contributed by atoms with van der Waals surface area (Å²) in [5, 5.41) is 8.74. The van der Waals surface area contributed by atoms with Crippen LogP contribution in [0.3, 0.4) is 0 Å². The van der Waals surface area contributed by atoms with Crippen molar-refractivity contribution in [1.82, 2.24) is 19.7 Å². The van der Waals surface area contributed by atoms with E-state index in [2.05, 4.69) is 63.3 Å². The number of ether oxygens (including phenoxy) is 3. The average Bonchev–Trinajstić information content (AvgIpc) is 3.53. The molecule has 1 saturated heterocycles. The highest BCUT2D eigenvalue weighted by Gasteiger charge is 2.10. The van der Waals surface area contributed by atoms with Crippen molar-refractivity contribution in [2.75, 3.05) is 46.6 Å². The second-order valence-electron chi connectivity index (χ2n) is 8.87. The lowest BCUT2D eigenvalue weighted by molar-refractivity contribution is 0.0322. The van der Waals surface area contributed by atoms with E-state index < -0.39 is 0 Å². The fraction of sp³-hybridized carbons (Fsp3) is 0.276. The van der Waals surface area contributed by atoms with E-state index in [0.29, 0.717) is 6.61 Å². The van der Waals surface area contributed by atoms with Gasteiger partial charge in [0.15, 0.2) is 0 Å². The summed E-state index contributed by atoms with van der Waals surface area (Å²) in [4.78, 5) is 2.35. The Bertz CT molecular complexity index is 1360. The monoisotopic (exact) mass is 484 g/mol. The molecular formula is C29H32N4O3. The van der Waals surface area contributed by atoms with Crippen LogP contribution in [0.5, 0.6) is 11.5 Å². The highest BCUT2D eigenvalue weighted by atomic mass is 16.5. The van der Waals surface area contributed by atoms with Crippen molar-refractivity contribution in [2.45, 2.75) is 0 Å². The molecule has 186 valence electrons. The zero-order valence-corrected chi connectivity index (χ0v) is 20.8. The molecule has 0 spiro atoms. The number of aromatic amines is 1. The summed E-state index contributed by atoms with van der Waals surface area (Å²) in [6.45, 7) is 5.06. The van der Waals surface area contributed by atoms with E-state index in [0.717, 1.165) is 66.9 Å². The first-order valence-corrected chi connectivity index (χ1v) is 12.3. The minimum absolute atomic E-state index is 0.641. The predicted octanol–water partition coefficient (Wildman–Crippen LogP) is 4.96. The number of aromatic nitrogens is 3. The Morgan fingerprint density at radius 3 is 2.75 bits per heavy atom. The number of benzene rings is 2. The molecule has 1 aliphatic rings. The molecule has 1 aliphatic heterocycles. The fourth-order valence-electron chi connectivity index (χ4n) is 4.30. The second-order valence-corrected chi connectivity index (χ2v) is 8.87. The van der Waals surface area contributed by atoms with Crippen molar-refractivity contribution in [2.24, 2.45) is 7.05 Å². The van der Waals surface area contributed by atoms with E-state index in [-0.39, 0.29) is 0 Å². The Kier molecular flexibility index (Phi) is 7.50. The zero-order valence-electron chi connectivity index (χ0n) is 20.8. The molecule has 1 N–H and O–H groups in total. The molecule has 0 radical (unpaired) electrons. The maximum atomic E-state index is 5.95. The molecule has 0 saturated carbocycles. The lowest BCUT2D eigenvalue weighted by Crippen LogP contribution is -2.38. The van der Waals surface area contributed by atoms with Crippen LogP contribution in [0.1, 0.15) is 22.5 Å². The Morgan fingerprint density at radius 1 is 1.00 bits per heavy atom. The van der Waals surface area contributed by atoms with Crippen LogP contribution in [0.15, 0.2) is 54.7 Å². The number of hydrogen-bond donors (Lipinski definition) is 1. The molecule has 1 fully saturated rings. The van der Waals surface area contributed by atoms with E-state index in [1.807, 2.05) is 42.5 Å². The van der Waals surface area contributed by atoms with E-state index in [4.69, 9.17) is 14.2 Å². The first kappa shape index (κ1) is 23.9. The summed E-state index contributed by atoms with van der Waals surface area (Å²) in [6.07, 6.45) is 10.2. The van der Waals surface area contributed by atoms with Gasteiger partial charge in [-0.2, -0.15) is 5.10 Å². The average molecular weight is 485 g/mol. The largest absolute Gasteiger partial charge is 0.496 e. The fourth-order valence-corrected chi connectivity index (χ4v) is 4.30. The summed E-state index contributed by atoms with van der Waals surface area (Å²) in [5.74, 6) is 1.57. The standard InChI is InChI=1S/C29H32N4O3/c1-32-12-11-23-5-3-22(19-28(23)32)4-8-25-20-26(31-30-25)9-6-24-7-10-27(21-29(24)34-2)36-18-15-33-13-16-35-17-14-33/h3-12,19-21H,13-18H2,1-2H3,(H,30,31)/b8-4+,9-6?. The lowest BCUT2D eigenvalue weighted by Gasteiger charge is -2.26. The van der Waals surface area contributed by atoms with Gasteiger partial charge in [-0.3, -0.25) is 10.00 Å². The van der Waals surface area contributed by atoms with Gasteiger partial charge in [0.25, 0.3) is 0 Å². The number of nitrogens with one attached hydrogen (secondary N) is 1. The van der Waals surface area contributed by atoms with Crippen LogP contribution in [0.4, 0.5) is 0 Å².